The third-order valence-electron chi connectivity index (χ3n) is 4.31. The van der Waals surface area contributed by atoms with Crippen molar-refractivity contribution in [3.8, 4) is 0 Å². The number of benzene rings is 2. The summed E-state index contributed by atoms with van der Waals surface area (Å²) in [5.74, 6) is 0.133. The second-order valence-electron chi connectivity index (χ2n) is 6.28. The van der Waals surface area contributed by atoms with Crippen molar-refractivity contribution in [1.82, 2.24) is 4.90 Å². The fourth-order valence-corrected chi connectivity index (χ4v) is 4.03. The molecule has 2 aromatic carbocycles. The van der Waals surface area contributed by atoms with Crippen LogP contribution in [0.25, 0.3) is 0 Å². The fourth-order valence-electron chi connectivity index (χ4n) is 2.82. The van der Waals surface area contributed by atoms with E-state index in [1.165, 1.54) is 17.3 Å². The summed E-state index contributed by atoms with van der Waals surface area (Å²) in [5.41, 5.74) is 3.30. The molecule has 1 saturated heterocycles. The van der Waals surface area contributed by atoms with Gasteiger partial charge in [0, 0.05) is 0 Å². The molecule has 1 aliphatic heterocycles. The summed E-state index contributed by atoms with van der Waals surface area (Å²) < 4.78 is 0. The van der Waals surface area contributed by atoms with Gasteiger partial charge < -0.3 is 0 Å². The van der Waals surface area contributed by atoms with Crippen LogP contribution in [0.4, 0.5) is 0 Å². The molecule has 0 aliphatic carbocycles. The van der Waals surface area contributed by atoms with Crippen LogP contribution in [0.15, 0.2) is 64.8 Å². The Bertz CT molecular complexity index is 817. The molecule has 3 rings (SSSR count). The Balaban J connectivity index is 1.82. The predicted molar refractivity (Wildman–Crippen MR) is 109 cm³/mol. The Labute approximate surface area is 159 Å². The van der Waals surface area contributed by atoms with Gasteiger partial charge in [0.05, 0.1) is 18.0 Å². The second kappa shape index (κ2) is 8.81. The van der Waals surface area contributed by atoms with Crippen LogP contribution in [0.2, 0.25) is 0 Å². The van der Waals surface area contributed by atoms with Gasteiger partial charge in [-0.1, -0.05) is 79.7 Å². The Morgan fingerprint density at radius 3 is 2.58 bits per heavy atom. The average Bonchev–Trinajstić information content (AvgIpc) is 2.94. The lowest BCUT2D eigenvalue weighted by molar-refractivity contribution is -0.126. The maximum absolute atomic E-state index is 12.8. The lowest BCUT2D eigenvalue weighted by atomic mass is 10.1. The minimum absolute atomic E-state index is 0.0605. The molecule has 2 aromatic rings. The highest BCUT2D eigenvalue weighted by Crippen LogP contribution is 2.32. The highest BCUT2D eigenvalue weighted by Gasteiger charge is 2.37. The van der Waals surface area contributed by atoms with Gasteiger partial charge in [-0.05, 0) is 30.0 Å². The maximum Gasteiger partial charge on any atom is 0.242 e. The molecule has 4 nitrogen and oxygen atoms in total. The molecule has 5 heteroatoms. The van der Waals surface area contributed by atoms with Crippen molar-refractivity contribution in [3.63, 3.8) is 0 Å². The lowest BCUT2D eigenvalue weighted by Crippen LogP contribution is -2.31. The zero-order valence-electron chi connectivity index (χ0n) is 15.1. The second-order valence-corrected chi connectivity index (χ2v) is 7.45. The summed E-state index contributed by atoms with van der Waals surface area (Å²) >= 11 is 1.52. The molecule has 1 fully saturated rings. The van der Waals surface area contributed by atoms with Crippen LogP contribution in [0, 0.1) is 6.92 Å². The summed E-state index contributed by atoms with van der Waals surface area (Å²) in [4.78, 5) is 14.6. The van der Waals surface area contributed by atoms with E-state index in [9.17, 15) is 4.79 Å². The van der Waals surface area contributed by atoms with E-state index in [-0.39, 0.29) is 11.2 Å². The highest BCUT2D eigenvalue weighted by molar-refractivity contribution is 8.15. The largest absolute Gasteiger partial charge is 0.284 e. The van der Waals surface area contributed by atoms with Crippen LogP contribution in [-0.4, -0.2) is 27.4 Å². The van der Waals surface area contributed by atoms with Gasteiger partial charge in [-0.15, -0.1) is 5.10 Å². The number of amides is 1. The number of aryl methyl sites for hydroxylation is 1. The molecule has 1 aliphatic rings. The molecule has 0 aromatic heterocycles. The van der Waals surface area contributed by atoms with Crippen molar-refractivity contribution in [3.05, 3.63) is 71.3 Å². The number of hydrogen-bond acceptors (Lipinski definition) is 4. The molecule has 0 radical (unpaired) electrons. The van der Waals surface area contributed by atoms with E-state index < -0.39 is 0 Å². The van der Waals surface area contributed by atoms with E-state index in [4.69, 9.17) is 0 Å². The molecule has 134 valence electrons. The average molecular weight is 366 g/mol. The van der Waals surface area contributed by atoms with Gasteiger partial charge in [-0.2, -0.15) is 5.10 Å². The normalized spacial score (nSPS) is 19.0. The van der Waals surface area contributed by atoms with E-state index in [2.05, 4.69) is 36.2 Å². The van der Waals surface area contributed by atoms with Gasteiger partial charge in [0.1, 0.15) is 0 Å². The van der Waals surface area contributed by atoms with Crippen molar-refractivity contribution >= 4 is 29.1 Å². The van der Waals surface area contributed by atoms with Crippen LogP contribution in [0.5, 0.6) is 0 Å². The number of carbonyl (C=O) groups excluding carboxylic acids is 1. The third kappa shape index (κ3) is 4.41. The summed E-state index contributed by atoms with van der Waals surface area (Å²) in [5, 5.41) is 9.20. The van der Waals surface area contributed by atoms with Crippen LogP contribution in [-0.2, 0) is 11.3 Å². The van der Waals surface area contributed by atoms with Gasteiger partial charge in [0.15, 0.2) is 5.17 Å². The maximum atomic E-state index is 12.8. The molecule has 0 bridgehead atoms. The predicted octanol–water partition coefficient (Wildman–Crippen LogP) is 4.63. The summed E-state index contributed by atoms with van der Waals surface area (Å²) in [6.45, 7) is 4.71. The van der Waals surface area contributed by atoms with Crippen molar-refractivity contribution < 1.29 is 4.79 Å². The number of thioether (sulfide) groups is 1. The standard InChI is InChI=1S/C21H23N3OS/c1-3-9-19-20(25)24(15-18-13-8-7-10-16(18)2)21(26-19)23-22-14-17-11-5-4-6-12-17/h4-8,10-14,19H,3,9,15H2,1-2H3/b22-14+,23-21+. The third-order valence-corrected chi connectivity index (χ3v) is 5.54. The van der Waals surface area contributed by atoms with Crippen LogP contribution >= 0.6 is 11.8 Å². The minimum Gasteiger partial charge on any atom is -0.284 e. The van der Waals surface area contributed by atoms with Gasteiger partial charge in [0.2, 0.25) is 5.91 Å². The molecule has 1 heterocycles. The van der Waals surface area contributed by atoms with Gasteiger partial charge in [0.25, 0.3) is 0 Å². The molecule has 0 saturated carbocycles. The molecule has 1 atom stereocenters. The van der Waals surface area contributed by atoms with E-state index in [0.29, 0.717) is 11.7 Å². The van der Waals surface area contributed by atoms with E-state index in [1.807, 2.05) is 42.5 Å². The van der Waals surface area contributed by atoms with Crippen LogP contribution in [0.1, 0.15) is 36.5 Å². The monoisotopic (exact) mass is 365 g/mol. The highest BCUT2D eigenvalue weighted by atomic mass is 32.2. The van der Waals surface area contributed by atoms with Gasteiger partial charge in [-0.25, -0.2) is 0 Å². The van der Waals surface area contributed by atoms with Crippen molar-refractivity contribution in [2.45, 2.75) is 38.5 Å². The number of rotatable bonds is 6. The van der Waals surface area contributed by atoms with Crippen LogP contribution in [0.3, 0.4) is 0 Å². The lowest BCUT2D eigenvalue weighted by Gasteiger charge is -2.17. The summed E-state index contributed by atoms with van der Waals surface area (Å²) in [6, 6.07) is 18.0. The smallest absolute Gasteiger partial charge is 0.242 e. The molecule has 26 heavy (non-hydrogen) atoms. The summed E-state index contributed by atoms with van der Waals surface area (Å²) in [6.07, 6.45) is 3.55. The molecule has 0 spiro atoms. The Kier molecular flexibility index (Phi) is 6.23. The topological polar surface area (TPSA) is 45.0 Å². The number of nitrogens with zero attached hydrogens (tertiary/aromatic N) is 3. The van der Waals surface area contributed by atoms with E-state index in [1.54, 1.807) is 11.1 Å². The number of amidine groups is 1. The number of carbonyl (C=O) groups is 1. The first-order valence-corrected chi connectivity index (χ1v) is 9.75. The fraction of sp³-hybridized carbons (Fsp3) is 0.286. The quantitative estimate of drug-likeness (QED) is 0.553. The van der Waals surface area contributed by atoms with Gasteiger partial charge in [-0.3, -0.25) is 9.69 Å². The van der Waals surface area contributed by atoms with Crippen molar-refractivity contribution in [1.29, 1.82) is 0 Å². The van der Waals surface area contributed by atoms with E-state index >= 15 is 0 Å². The molecule has 1 unspecified atom stereocenters. The SMILES string of the molecule is CCCC1S/C(=N/N=C/c2ccccc2)N(Cc2ccccc2C)C1=O. The minimum atomic E-state index is -0.0605. The van der Waals surface area contributed by atoms with Crippen LogP contribution < -0.4 is 0 Å². The van der Waals surface area contributed by atoms with Gasteiger partial charge >= 0.3 is 0 Å². The van der Waals surface area contributed by atoms with Crippen molar-refractivity contribution in [2.75, 3.05) is 0 Å². The first-order valence-electron chi connectivity index (χ1n) is 8.87. The first-order chi connectivity index (χ1) is 12.7. The Morgan fingerprint density at radius 1 is 1.12 bits per heavy atom. The molecular formula is C21H23N3OS. The molecular weight excluding hydrogens is 342 g/mol. The Morgan fingerprint density at radius 2 is 1.85 bits per heavy atom. The molecule has 0 N–H and O–H groups in total. The molecule has 1 amide bonds. The van der Waals surface area contributed by atoms with Crippen molar-refractivity contribution in [2.24, 2.45) is 10.2 Å². The van der Waals surface area contributed by atoms with E-state index in [0.717, 1.165) is 24.0 Å². The summed E-state index contributed by atoms with van der Waals surface area (Å²) in [7, 11) is 0. The first kappa shape index (κ1) is 18.4. The zero-order valence-corrected chi connectivity index (χ0v) is 15.9. The number of hydrogen-bond donors (Lipinski definition) is 0. The Hall–Kier alpha value is -2.40. The zero-order chi connectivity index (χ0) is 18.4.